The van der Waals surface area contributed by atoms with Crippen LogP contribution in [0.1, 0.15) is 65.6 Å². The number of carboxylic acid groups (broad SMARTS) is 1. The van der Waals surface area contributed by atoms with Gasteiger partial charge in [-0.05, 0) is 62.3 Å². The minimum absolute atomic E-state index is 0.0166. The van der Waals surface area contributed by atoms with E-state index in [-0.39, 0.29) is 24.0 Å². The minimum atomic E-state index is -0.928. The first-order valence-corrected chi connectivity index (χ1v) is 12.0. The second-order valence-electron chi connectivity index (χ2n) is 9.12. The second kappa shape index (κ2) is 7.38. The van der Waals surface area contributed by atoms with E-state index in [4.69, 9.17) is 9.26 Å². The molecule has 0 spiro atoms. The van der Waals surface area contributed by atoms with E-state index in [0.717, 1.165) is 71.7 Å². The Balaban J connectivity index is 1.39. The van der Waals surface area contributed by atoms with E-state index in [9.17, 15) is 14.7 Å². The molecule has 2 fully saturated rings. The zero-order chi connectivity index (χ0) is 21.1. The van der Waals surface area contributed by atoms with Gasteiger partial charge in [0.2, 0.25) is 0 Å². The third-order valence-electron chi connectivity index (χ3n) is 7.18. The molecule has 7 nitrogen and oxygen atoms in total. The van der Waals surface area contributed by atoms with Gasteiger partial charge in [0.1, 0.15) is 0 Å². The van der Waals surface area contributed by atoms with Crippen molar-refractivity contribution in [3.8, 4) is 11.5 Å². The second-order valence-corrected chi connectivity index (χ2v) is 10.3. The number of rotatable bonds is 6. The molecule has 2 aromatic heterocycles. The highest BCUT2D eigenvalue weighted by Crippen LogP contribution is 2.47. The molecule has 7 rings (SSSR count). The number of Topliss-reactive ketones (excluding diaryl/α,β-unsaturated/α-hetero) is 1. The van der Waals surface area contributed by atoms with Gasteiger partial charge in [0.25, 0.3) is 5.89 Å². The monoisotopic (exact) mass is 440 g/mol. The lowest BCUT2D eigenvalue weighted by Crippen LogP contribution is -2.34. The van der Waals surface area contributed by atoms with Crippen LogP contribution in [0.25, 0.3) is 11.5 Å². The summed E-state index contributed by atoms with van der Waals surface area (Å²) in [5.74, 6) is 0.734. The summed E-state index contributed by atoms with van der Waals surface area (Å²) in [6.07, 6.45) is 6.71. The maximum Gasteiger partial charge on any atom is 0.332 e. The minimum Gasteiger partial charge on any atom is -0.478 e. The quantitative estimate of drug-likeness (QED) is 0.722. The summed E-state index contributed by atoms with van der Waals surface area (Å²) < 4.78 is 11.3. The van der Waals surface area contributed by atoms with Crippen LogP contribution < -0.4 is 0 Å². The summed E-state index contributed by atoms with van der Waals surface area (Å²) in [5.41, 5.74) is 2.96. The predicted molar refractivity (Wildman–Crippen MR) is 112 cm³/mol. The Morgan fingerprint density at radius 1 is 1.03 bits per heavy atom. The van der Waals surface area contributed by atoms with Gasteiger partial charge in [0.05, 0.1) is 18.8 Å². The number of aromatic nitrogens is 2. The third-order valence-corrected chi connectivity index (χ3v) is 8.38. The van der Waals surface area contributed by atoms with E-state index >= 15 is 0 Å². The van der Waals surface area contributed by atoms with Gasteiger partial charge in [-0.25, -0.2) is 4.79 Å². The molecule has 0 radical (unpaired) electrons. The molecule has 162 valence electrons. The molecule has 3 heterocycles. The molecule has 0 saturated heterocycles. The van der Waals surface area contributed by atoms with Crippen LogP contribution in [-0.2, 0) is 33.8 Å². The Morgan fingerprint density at radius 2 is 1.74 bits per heavy atom. The van der Waals surface area contributed by atoms with Gasteiger partial charge < -0.3 is 14.4 Å². The van der Waals surface area contributed by atoms with Crippen molar-refractivity contribution in [3.05, 3.63) is 32.3 Å². The number of ketones is 1. The number of aliphatic carboxylic acids is 1. The average molecular weight is 441 g/mol. The first-order valence-electron chi connectivity index (χ1n) is 11.2. The largest absolute Gasteiger partial charge is 0.478 e. The zero-order valence-corrected chi connectivity index (χ0v) is 18.0. The Morgan fingerprint density at radius 3 is 2.45 bits per heavy atom. The van der Waals surface area contributed by atoms with E-state index in [1.165, 1.54) is 0 Å². The smallest absolute Gasteiger partial charge is 0.332 e. The number of fused-ring (bicyclic) bond motifs is 3. The molecule has 0 aromatic carbocycles. The van der Waals surface area contributed by atoms with Crippen molar-refractivity contribution in [3.63, 3.8) is 0 Å². The highest BCUT2D eigenvalue weighted by molar-refractivity contribution is 7.12. The normalized spacial score (nSPS) is 25.0. The number of carbonyl (C=O) groups excluding carboxylic acids is 1. The maximum absolute atomic E-state index is 13.5. The van der Waals surface area contributed by atoms with Crippen LogP contribution in [0.3, 0.4) is 0 Å². The fourth-order valence-corrected chi connectivity index (χ4v) is 6.81. The van der Waals surface area contributed by atoms with Gasteiger partial charge in [-0.15, -0.1) is 11.3 Å². The van der Waals surface area contributed by atoms with E-state index in [1.807, 2.05) is 0 Å². The van der Waals surface area contributed by atoms with Gasteiger partial charge in [0.15, 0.2) is 11.6 Å². The Labute approximate surface area is 183 Å². The Kier molecular flexibility index (Phi) is 4.61. The molecule has 2 bridgehead atoms. The first kappa shape index (κ1) is 19.4. The first-order chi connectivity index (χ1) is 15.1. The summed E-state index contributed by atoms with van der Waals surface area (Å²) in [6.45, 7) is 1.16. The van der Waals surface area contributed by atoms with Crippen LogP contribution in [-0.4, -0.2) is 33.6 Å². The predicted octanol–water partition coefficient (Wildman–Crippen LogP) is 4.06. The van der Waals surface area contributed by atoms with E-state index in [1.54, 1.807) is 11.3 Å². The van der Waals surface area contributed by atoms with Crippen molar-refractivity contribution in [2.75, 3.05) is 6.61 Å². The molecule has 5 aliphatic rings. The molecule has 2 saturated carbocycles. The SMILES string of the molecule is O=C(O)C1=C(C(=O)Cc2sc3c(c2-c2nc(C4CC4)no2)CCOC3)C2CCC1CC2. The van der Waals surface area contributed by atoms with Crippen LogP contribution in [0.15, 0.2) is 15.7 Å². The van der Waals surface area contributed by atoms with Crippen molar-refractivity contribution in [2.45, 2.75) is 63.9 Å². The van der Waals surface area contributed by atoms with Crippen LogP contribution in [0.5, 0.6) is 0 Å². The van der Waals surface area contributed by atoms with Crippen molar-refractivity contribution in [2.24, 2.45) is 11.8 Å². The molecular formula is C23H24N2O5S. The molecular weight excluding hydrogens is 416 g/mol. The topological polar surface area (TPSA) is 103 Å². The Bertz CT molecular complexity index is 1100. The van der Waals surface area contributed by atoms with Gasteiger partial charge in [-0.3, -0.25) is 4.79 Å². The summed E-state index contributed by atoms with van der Waals surface area (Å²) in [4.78, 5) is 32.1. The Hall–Kier alpha value is -2.32. The number of allylic oxidation sites excluding steroid dienone is 1. The number of carboxylic acids is 1. The number of hydrogen-bond acceptors (Lipinski definition) is 7. The lowest BCUT2D eigenvalue weighted by Gasteiger charge is -2.38. The third kappa shape index (κ3) is 3.27. The molecule has 0 amide bonds. The van der Waals surface area contributed by atoms with Crippen molar-refractivity contribution < 1.29 is 24.0 Å². The van der Waals surface area contributed by atoms with E-state index in [2.05, 4.69) is 10.1 Å². The van der Waals surface area contributed by atoms with Gasteiger partial charge >= 0.3 is 5.97 Å². The number of thiophene rings is 1. The fraction of sp³-hybridized carbons (Fsp3) is 0.565. The van der Waals surface area contributed by atoms with Crippen LogP contribution in [0.2, 0.25) is 0 Å². The summed E-state index contributed by atoms with van der Waals surface area (Å²) in [5, 5.41) is 14.0. The van der Waals surface area contributed by atoms with E-state index in [0.29, 0.717) is 36.2 Å². The van der Waals surface area contributed by atoms with Crippen molar-refractivity contribution in [1.29, 1.82) is 0 Å². The molecule has 0 unspecified atom stereocenters. The number of carbonyl (C=O) groups is 2. The molecule has 8 heteroatoms. The lowest BCUT2D eigenvalue weighted by molar-refractivity contribution is -0.134. The van der Waals surface area contributed by atoms with Gasteiger partial charge in [0, 0.05) is 33.2 Å². The van der Waals surface area contributed by atoms with Crippen molar-refractivity contribution >= 4 is 23.1 Å². The summed E-state index contributed by atoms with van der Waals surface area (Å²) in [6, 6.07) is 0. The maximum atomic E-state index is 13.5. The van der Waals surface area contributed by atoms with Crippen LogP contribution in [0, 0.1) is 11.8 Å². The number of ether oxygens (including phenoxy) is 1. The van der Waals surface area contributed by atoms with Crippen LogP contribution >= 0.6 is 11.3 Å². The molecule has 2 aromatic rings. The average Bonchev–Trinajstić information content (AvgIpc) is 3.41. The number of nitrogens with zero attached hydrogens (tertiary/aromatic N) is 2. The lowest BCUT2D eigenvalue weighted by atomic mass is 9.65. The zero-order valence-electron chi connectivity index (χ0n) is 17.2. The van der Waals surface area contributed by atoms with Gasteiger partial charge in [-0.1, -0.05) is 5.16 Å². The molecule has 4 aliphatic carbocycles. The highest BCUT2D eigenvalue weighted by Gasteiger charge is 2.41. The van der Waals surface area contributed by atoms with Gasteiger partial charge in [-0.2, -0.15) is 4.98 Å². The van der Waals surface area contributed by atoms with Crippen molar-refractivity contribution in [1.82, 2.24) is 10.1 Å². The fourth-order valence-electron chi connectivity index (χ4n) is 5.53. The molecule has 31 heavy (non-hydrogen) atoms. The molecule has 1 aliphatic heterocycles. The molecule has 0 atom stereocenters. The standard InChI is InChI=1S/C23H24N2O5S/c26-15(18-11-1-3-12(4-2-11)19(18)23(27)28)9-16-20(14-7-8-29-10-17(14)31-16)22-24-21(25-30-22)13-5-6-13/h11-13H,1-10H2,(H,27,28). The summed E-state index contributed by atoms with van der Waals surface area (Å²) in [7, 11) is 0. The summed E-state index contributed by atoms with van der Waals surface area (Å²) >= 11 is 1.57. The van der Waals surface area contributed by atoms with Crippen LogP contribution in [0.4, 0.5) is 0 Å². The van der Waals surface area contributed by atoms with E-state index < -0.39 is 5.97 Å². The highest BCUT2D eigenvalue weighted by atomic mass is 32.1. The molecule has 1 N–H and O–H groups in total. The number of hydrogen-bond donors (Lipinski definition) is 1.